The van der Waals surface area contributed by atoms with E-state index in [0.29, 0.717) is 46.4 Å². The number of pyridine rings is 1. The topological polar surface area (TPSA) is 62.2 Å². The van der Waals surface area contributed by atoms with E-state index >= 15 is 0 Å². The van der Waals surface area contributed by atoms with E-state index in [1.54, 1.807) is 24.5 Å². The molecule has 1 aromatic carbocycles. The summed E-state index contributed by atoms with van der Waals surface area (Å²) >= 11 is 6.41. The molecule has 0 radical (unpaired) electrons. The largest absolute Gasteiger partial charge is 0.416 e. The van der Waals surface area contributed by atoms with Crippen LogP contribution in [0, 0.1) is 5.92 Å². The van der Waals surface area contributed by atoms with Crippen LogP contribution in [0.4, 0.5) is 19.0 Å². The lowest BCUT2D eigenvalue weighted by Gasteiger charge is -2.38. The average molecular weight is 518 g/mol. The number of aromatic nitrogens is 3. The standard InChI is InChI=1S/C26H27ClF3N5O/c1-16(2)25(36)34(3)19-8-11-35(12-9-19)22-15-32-23(17-5-4-6-18(13-17)26(28,29)30)24(33-22)20-7-10-31-14-21(20)27/h4-7,10,13-16,19H,8-9,11-12H2,1-3H3. The van der Waals surface area contributed by atoms with Gasteiger partial charge in [-0.15, -0.1) is 0 Å². The summed E-state index contributed by atoms with van der Waals surface area (Å²) in [7, 11) is 1.84. The van der Waals surface area contributed by atoms with Gasteiger partial charge in [0.05, 0.1) is 22.5 Å². The second-order valence-corrected chi connectivity index (χ2v) is 9.59. The maximum atomic E-state index is 13.4. The van der Waals surface area contributed by atoms with Gasteiger partial charge in [-0.2, -0.15) is 13.2 Å². The first kappa shape index (κ1) is 25.9. The number of hydrogen-bond acceptors (Lipinski definition) is 5. The van der Waals surface area contributed by atoms with Crippen molar-refractivity contribution in [2.45, 2.75) is 38.9 Å². The molecule has 6 nitrogen and oxygen atoms in total. The highest BCUT2D eigenvalue weighted by Crippen LogP contribution is 2.37. The molecule has 0 atom stereocenters. The van der Waals surface area contributed by atoms with Gasteiger partial charge >= 0.3 is 6.18 Å². The molecule has 36 heavy (non-hydrogen) atoms. The molecule has 0 unspecified atom stereocenters. The van der Waals surface area contributed by atoms with Crippen LogP contribution >= 0.6 is 11.6 Å². The number of hydrogen-bond donors (Lipinski definition) is 0. The lowest BCUT2D eigenvalue weighted by Crippen LogP contribution is -2.47. The Labute approximate surface area is 213 Å². The first-order chi connectivity index (χ1) is 17.1. The Hall–Kier alpha value is -3.20. The van der Waals surface area contributed by atoms with E-state index in [9.17, 15) is 18.0 Å². The van der Waals surface area contributed by atoms with Gasteiger partial charge in [-0.25, -0.2) is 4.98 Å². The second kappa shape index (κ2) is 10.4. The maximum Gasteiger partial charge on any atom is 0.416 e. The van der Waals surface area contributed by atoms with Crippen LogP contribution in [0.1, 0.15) is 32.3 Å². The lowest BCUT2D eigenvalue weighted by atomic mass is 10.0. The summed E-state index contributed by atoms with van der Waals surface area (Å²) in [6, 6.07) is 6.83. The molecule has 0 bridgehead atoms. The minimum absolute atomic E-state index is 0.0602. The maximum absolute atomic E-state index is 13.4. The van der Waals surface area contributed by atoms with E-state index < -0.39 is 11.7 Å². The summed E-state index contributed by atoms with van der Waals surface area (Å²) < 4.78 is 40.1. The van der Waals surface area contributed by atoms with Gasteiger partial charge in [-0.05, 0) is 31.0 Å². The summed E-state index contributed by atoms with van der Waals surface area (Å²) in [5.74, 6) is 0.660. The zero-order valence-corrected chi connectivity index (χ0v) is 21.0. The van der Waals surface area contributed by atoms with E-state index in [1.165, 1.54) is 12.3 Å². The van der Waals surface area contributed by atoms with Crippen LogP contribution in [0.15, 0.2) is 48.9 Å². The van der Waals surface area contributed by atoms with Gasteiger partial charge < -0.3 is 9.80 Å². The van der Waals surface area contributed by atoms with E-state index in [0.717, 1.165) is 25.0 Å². The van der Waals surface area contributed by atoms with E-state index in [4.69, 9.17) is 16.6 Å². The summed E-state index contributed by atoms with van der Waals surface area (Å²) in [5, 5.41) is 0.324. The number of amides is 1. The minimum Gasteiger partial charge on any atom is -0.355 e. The Balaban J connectivity index is 1.68. The number of alkyl halides is 3. The number of carbonyl (C=O) groups excluding carboxylic acids is 1. The third-order valence-corrected chi connectivity index (χ3v) is 6.73. The molecular weight excluding hydrogens is 491 g/mol. The third kappa shape index (κ3) is 5.46. The van der Waals surface area contributed by atoms with Crippen LogP contribution in [0.3, 0.4) is 0 Å². The van der Waals surface area contributed by atoms with Crippen LogP contribution in [-0.4, -0.2) is 51.9 Å². The molecule has 4 rings (SSSR count). The summed E-state index contributed by atoms with van der Waals surface area (Å²) in [4.78, 5) is 29.7. The van der Waals surface area contributed by atoms with E-state index in [2.05, 4.69) is 14.9 Å². The number of rotatable bonds is 5. The number of nitrogens with zero attached hydrogens (tertiary/aromatic N) is 5. The van der Waals surface area contributed by atoms with Crippen molar-refractivity contribution in [3.05, 3.63) is 59.5 Å². The Morgan fingerprint density at radius 1 is 1.14 bits per heavy atom. The fourth-order valence-corrected chi connectivity index (χ4v) is 4.62. The van der Waals surface area contributed by atoms with Crippen LogP contribution in [-0.2, 0) is 11.0 Å². The predicted molar refractivity (Wildman–Crippen MR) is 134 cm³/mol. The van der Waals surface area contributed by atoms with Gasteiger partial charge in [0.15, 0.2) is 0 Å². The molecule has 10 heteroatoms. The lowest BCUT2D eigenvalue weighted by molar-refractivity contribution is -0.137. The Morgan fingerprint density at radius 3 is 2.50 bits per heavy atom. The van der Waals surface area contributed by atoms with Crippen molar-refractivity contribution in [3.8, 4) is 22.5 Å². The molecule has 0 spiro atoms. The number of piperidine rings is 1. The van der Waals surface area contributed by atoms with Crippen molar-refractivity contribution in [1.29, 1.82) is 0 Å². The summed E-state index contributed by atoms with van der Waals surface area (Å²) in [5.41, 5.74) is 0.744. The van der Waals surface area contributed by atoms with Crippen molar-refractivity contribution in [2.24, 2.45) is 5.92 Å². The molecule has 1 fully saturated rings. The summed E-state index contributed by atoms with van der Waals surface area (Å²) in [6.07, 6.45) is 1.67. The highest BCUT2D eigenvalue weighted by atomic mass is 35.5. The molecule has 0 aliphatic carbocycles. The monoisotopic (exact) mass is 517 g/mol. The first-order valence-corrected chi connectivity index (χ1v) is 12.1. The number of benzene rings is 1. The van der Waals surface area contributed by atoms with Gasteiger partial charge in [-0.3, -0.25) is 14.8 Å². The zero-order valence-electron chi connectivity index (χ0n) is 20.3. The molecule has 1 aliphatic rings. The zero-order chi connectivity index (χ0) is 26.0. The average Bonchev–Trinajstić information content (AvgIpc) is 2.87. The molecule has 3 heterocycles. The van der Waals surface area contributed by atoms with Gasteiger partial charge in [0.25, 0.3) is 0 Å². The van der Waals surface area contributed by atoms with Crippen LogP contribution in [0.5, 0.6) is 0 Å². The van der Waals surface area contributed by atoms with Gasteiger partial charge in [0, 0.05) is 55.6 Å². The molecule has 2 aromatic heterocycles. The quantitative estimate of drug-likeness (QED) is 0.418. The SMILES string of the molecule is CC(C)C(=O)N(C)C1CCN(c2cnc(-c3cccc(C(F)(F)F)c3)c(-c3ccncc3Cl)n2)CC1. The van der Waals surface area contributed by atoms with Gasteiger partial charge in [0.2, 0.25) is 5.91 Å². The van der Waals surface area contributed by atoms with E-state index in [-0.39, 0.29) is 17.9 Å². The minimum atomic E-state index is -4.48. The van der Waals surface area contributed by atoms with Crippen molar-refractivity contribution in [1.82, 2.24) is 19.9 Å². The van der Waals surface area contributed by atoms with Gasteiger partial charge in [-0.1, -0.05) is 37.6 Å². The van der Waals surface area contributed by atoms with Crippen LogP contribution in [0.25, 0.3) is 22.5 Å². The van der Waals surface area contributed by atoms with Gasteiger partial charge in [0.1, 0.15) is 11.5 Å². The number of halogens is 4. The molecule has 190 valence electrons. The second-order valence-electron chi connectivity index (χ2n) is 9.18. The fourth-order valence-electron chi connectivity index (χ4n) is 4.41. The Kier molecular flexibility index (Phi) is 7.49. The van der Waals surface area contributed by atoms with Crippen LogP contribution in [0.2, 0.25) is 5.02 Å². The van der Waals surface area contributed by atoms with Crippen molar-refractivity contribution >= 4 is 23.3 Å². The molecule has 0 N–H and O–H groups in total. The number of anilines is 1. The van der Waals surface area contributed by atoms with Crippen LogP contribution < -0.4 is 4.90 Å². The molecule has 0 saturated carbocycles. The molecule has 1 aliphatic heterocycles. The van der Waals surface area contributed by atoms with Crippen molar-refractivity contribution in [3.63, 3.8) is 0 Å². The molecular formula is C26H27ClF3N5O. The smallest absolute Gasteiger partial charge is 0.355 e. The predicted octanol–water partition coefficient (Wildman–Crippen LogP) is 5.96. The fraction of sp³-hybridized carbons (Fsp3) is 0.385. The normalized spacial score (nSPS) is 14.8. The van der Waals surface area contributed by atoms with Crippen molar-refractivity contribution < 1.29 is 18.0 Å². The first-order valence-electron chi connectivity index (χ1n) is 11.7. The highest BCUT2D eigenvalue weighted by molar-refractivity contribution is 6.33. The molecule has 1 amide bonds. The van der Waals surface area contributed by atoms with Crippen molar-refractivity contribution in [2.75, 3.05) is 25.0 Å². The highest BCUT2D eigenvalue weighted by Gasteiger charge is 2.31. The molecule has 3 aromatic rings. The number of carbonyl (C=O) groups is 1. The Morgan fingerprint density at radius 2 is 1.86 bits per heavy atom. The third-order valence-electron chi connectivity index (χ3n) is 6.43. The molecule has 1 saturated heterocycles. The Bertz CT molecular complexity index is 1240. The van der Waals surface area contributed by atoms with E-state index in [1.807, 2.05) is 25.8 Å². The summed E-state index contributed by atoms with van der Waals surface area (Å²) in [6.45, 7) is 5.12.